The lowest BCUT2D eigenvalue weighted by Gasteiger charge is -2.21. The van der Waals surface area contributed by atoms with Gasteiger partial charge in [0, 0.05) is 47.4 Å². The minimum absolute atomic E-state index is 0.427. The minimum Gasteiger partial charge on any atom is -0.456 e. The topological polar surface area (TPSA) is 37.5 Å². The summed E-state index contributed by atoms with van der Waals surface area (Å²) in [5.41, 5.74) is 9.43. The predicted molar refractivity (Wildman–Crippen MR) is 132 cm³/mol. The number of fused-ring (bicyclic) bond motifs is 2. The highest BCUT2D eigenvalue weighted by Crippen LogP contribution is 2.43. The van der Waals surface area contributed by atoms with Crippen LogP contribution >= 0.6 is 0 Å². The quantitative estimate of drug-likeness (QED) is 0.349. The molecule has 0 saturated carbocycles. The van der Waals surface area contributed by atoms with Crippen molar-refractivity contribution in [2.75, 3.05) is 18.4 Å². The van der Waals surface area contributed by atoms with E-state index in [2.05, 4.69) is 100 Å². The summed E-state index contributed by atoms with van der Waals surface area (Å²) >= 11 is 0. The maximum Gasteiger partial charge on any atom is 0.137 e. The van der Waals surface area contributed by atoms with Crippen molar-refractivity contribution in [3.63, 3.8) is 0 Å². The van der Waals surface area contributed by atoms with Crippen molar-refractivity contribution in [3.05, 3.63) is 70.6 Å². The molecule has 160 valence electrons. The van der Waals surface area contributed by atoms with Gasteiger partial charge in [-0.3, -0.25) is 4.99 Å². The Balaban J connectivity index is 2.19. The van der Waals surface area contributed by atoms with E-state index in [0.717, 1.165) is 46.4 Å². The van der Waals surface area contributed by atoms with Crippen molar-refractivity contribution in [1.82, 2.24) is 0 Å². The Hall–Kier alpha value is -3.07. The molecule has 3 nitrogen and oxygen atoms in total. The molecule has 0 bridgehead atoms. The molecular formula is C28H32N2O. The summed E-state index contributed by atoms with van der Waals surface area (Å²) in [6.07, 6.45) is 0. The van der Waals surface area contributed by atoms with Gasteiger partial charge in [0.25, 0.3) is 0 Å². The van der Waals surface area contributed by atoms with Gasteiger partial charge in [0.15, 0.2) is 0 Å². The molecule has 2 aromatic carbocycles. The third-order valence-corrected chi connectivity index (χ3v) is 5.93. The average Bonchev–Trinajstić information content (AvgIpc) is 2.74. The Kier molecular flexibility index (Phi) is 5.86. The summed E-state index contributed by atoms with van der Waals surface area (Å²) in [6, 6.07) is 17.5. The van der Waals surface area contributed by atoms with Gasteiger partial charge in [-0.05, 0) is 68.0 Å². The molecule has 1 N–H and O–H groups in total. The highest BCUT2D eigenvalue weighted by atomic mass is 16.3. The molecule has 0 amide bonds. The van der Waals surface area contributed by atoms with Crippen molar-refractivity contribution in [2.24, 2.45) is 4.99 Å². The first-order valence-corrected chi connectivity index (χ1v) is 11.3. The fraction of sp³-hybridized carbons (Fsp3) is 0.321. The van der Waals surface area contributed by atoms with Crippen LogP contribution in [0.4, 0.5) is 5.69 Å². The third-order valence-electron chi connectivity index (χ3n) is 5.93. The Bertz CT molecular complexity index is 1280. The van der Waals surface area contributed by atoms with Crippen molar-refractivity contribution in [2.45, 2.75) is 47.5 Å². The van der Waals surface area contributed by atoms with Crippen LogP contribution in [-0.2, 0) is 0 Å². The first kappa shape index (κ1) is 21.2. The zero-order chi connectivity index (χ0) is 22.1. The number of benzene rings is 3. The molecular weight excluding hydrogens is 380 g/mol. The molecule has 1 heterocycles. The maximum atomic E-state index is 6.49. The Morgan fingerprint density at radius 3 is 2.42 bits per heavy atom. The summed E-state index contributed by atoms with van der Waals surface area (Å²) in [6.45, 7) is 14.6. The van der Waals surface area contributed by atoms with E-state index in [1.165, 1.54) is 27.8 Å². The number of nitrogens with zero attached hydrogens (tertiary/aromatic N) is 1. The van der Waals surface area contributed by atoms with Crippen molar-refractivity contribution in [3.8, 4) is 22.5 Å². The van der Waals surface area contributed by atoms with E-state index in [1.54, 1.807) is 0 Å². The van der Waals surface area contributed by atoms with Gasteiger partial charge in [0.2, 0.25) is 0 Å². The van der Waals surface area contributed by atoms with Gasteiger partial charge in [-0.15, -0.1) is 0 Å². The van der Waals surface area contributed by atoms with Crippen LogP contribution in [0.1, 0.15) is 50.3 Å². The largest absolute Gasteiger partial charge is 0.456 e. The van der Waals surface area contributed by atoms with Gasteiger partial charge in [0.1, 0.15) is 11.3 Å². The van der Waals surface area contributed by atoms with Crippen LogP contribution in [0.25, 0.3) is 33.4 Å². The summed E-state index contributed by atoms with van der Waals surface area (Å²) in [4.78, 5) is 4.67. The number of nitrogens with one attached hydrogen (secondary N) is 1. The van der Waals surface area contributed by atoms with Gasteiger partial charge >= 0.3 is 0 Å². The summed E-state index contributed by atoms with van der Waals surface area (Å²) in [5, 5.41) is 5.62. The van der Waals surface area contributed by atoms with Gasteiger partial charge < -0.3 is 9.73 Å². The van der Waals surface area contributed by atoms with Gasteiger partial charge in [-0.2, -0.15) is 0 Å². The summed E-state index contributed by atoms with van der Waals surface area (Å²) in [5.74, 6) is 1.31. The van der Waals surface area contributed by atoms with Crippen molar-refractivity contribution >= 4 is 16.7 Å². The molecule has 4 rings (SSSR count). The number of hydrogen-bond donors (Lipinski definition) is 1. The minimum atomic E-state index is 0.427. The normalized spacial score (nSPS) is 12.3. The van der Waals surface area contributed by atoms with E-state index < -0.39 is 0 Å². The first-order valence-electron chi connectivity index (χ1n) is 11.3. The molecule has 0 spiro atoms. The second-order valence-electron chi connectivity index (χ2n) is 8.52. The molecule has 2 aromatic rings. The molecule has 0 radical (unpaired) electrons. The highest BCUT2D eigenvalue weighted by Gasteiger charge is 2.21. The Morgan fingerprint density at radius 1 is 0.935 bits per heavy atom. The number of aryl methyl sites for hydroxylation is 2. The van der Waals surface area contributed by atoms with E-state index in [-0.39, 0.29) is 0 Å². The zero-order valence-electron chi connectivity index (χ0n) is 19.5. The molecule has 1 aliphatic carbocycles. The molecule has 3 heteroatoms. The molecule has 2 aliphatic rings. The van der Waals surface area contributed by atoms with E-state index in [9.17, 15) is 0 Å². The Labute approximate surface area is 185 Å². The summed E-state index contributed by atoms with van der Waals surface area (Å²) in [7, 11) is 0. The smallest absolute Gasteiger partial charge is 0.137 e. The Morgan fingerprint density at radius 2 is 1.71 bits per heavy atom. The van der Waals surface area contributed by atoms with E-state index >= 15 is 0 Å². The van der Waals surface area contributed by atoms with E-state index in [0.29, 0.717) is 5.92 Å². The first-order chi connectivity index (χ1) is 14.9. The van der Waals surface area contributed by atoms with Crippen molar-refractivity contribution in [1.29, 1.82) is 0 Å². The second-order valence-corrected chi connectivity index (χ2v) is 8.52. The van der Waals surface area contributed by atoms with Crippen LogP contribution in [0.5, 0.6) is 0 Å². The molecule has 0 saturated heterocycles. The van der Waals surface area contributed by atoms with Crippen molar-refractivity contribution < 1.29 is 4.42 Å². The fourth-order valence-electron chi connectivity index (χ4n) is 4.43. The average molecular weight is 413 g/mol. The molecule has 1 aliphatic heterocycles. The summed E-state index contributed by atoms with van der Waals surface area (Å²) < 4.78 is 6.49. The lowest BCUT2D eigenvalue weighted by Crippen LogP contribution is -2.09. The lowest BCUT2D eigenvalue weighted by molar-refractivity contribution is 0.618. The van der Waals surface area contributed by atoms with Crippen LogP contribution in [0.3, 0.4) is 0 Å². The molecule has 31 heavy (non-hydrogen) atoms. The third kappa shape index (κ3) is 3.85. The molecule has 0 atom stereocenters. The van der Waals surface area contributed by atoms with Crippen LogP contribution in [0, 0.1) is 13.8 Å². The molecule has 0 fully saturated rings. The monoisotopic (exact) mass is 412 g/mol. The molecule has 0 aromatic heterocycles. The lowest BCUT2D eigenvalue weighted by atomic mass is 9.86. The predicted octanol–water partition coefficient (Wildman–Crippen LogP) is 7.30. The van der Waals surface area contributed by atoms with Crippen LogP contribution in [-0.4, -0.2) is 13.1 Å². The fourth-order valence-corrected chi connectivity index (χ4v) is 4.43. The maximum absolute atomic E-state index is 6.49. The zero-order valence-corrected chi connectivity index (χ0v) is 19.5. The van der Waals surface area contributed by atoms with Gasteiger partial charge in [-0.25, -0.2) is 0 Å². The van der Waals surface area contributed by atoms with Crippen LogP contribution in [0.2, 0.25) is 0 Å². The highest BCUT2D eigenvalue weighted by molar-refractivity contribution is 6.04. The number of anilines is 1. The molecule has 0 unspecified atom stereocenters. The van der Waals surface area contributed by atoms with Crippen LogP contribution in [0.15, 0.2) is 57.9 Å². The number of rotatable bonds is 5. The second kappa shape index (κ2) is 8.58. The standard InChI is InChI=1S/C28H32N2O/c1-7-29-24-15-26-22(13-18(24)5)28(21-12-10-9-11-20(21)17(3)4)23-14-19(6)25(30-8-2)16-27(23)31-26/h9-17,29H,7-8H2,1-6H3. The van der Waals surface area contributed by atoms with Gasteiger partial charge in [-0.1, -0.05) is 38.1 Å². The SMILES string of the molecule is CCN=c1cc2oc3cc(NCC)c(C)cc3c(-c3ccccc3C(C)C)c-2cc1C. The number of hydrogen-bond acceptors (Lipinski definition) is 3. The van der Waals surface area contributed by atoms with E-state index in [1.807, 2.05) is 0 Å². The van der Waals surface area contributed by atoms with Gasteiger partial charge in [0.05, 0.1) is 5.36 Å². The van der Waals surface area contributed by atoms with E-state index in [4.69, 9.17) is 4.42 Å². The van der Waals surface area contributed by atoms with Crippen LogP contribution < -0.4 is 10.7 Å².